The number of nitrogens with one attached hydrogen (secondary N) is 1. The van der Waals surface area contributed by atoms with Crippen molar-refractivity contribution in [2.45, 2.75) is 186 Å². The van der Waals surface area contributed by atoms with Crippen LogP contribution in [0.1, 0.15) is 110 Å². The zero-order valence-electron chi connectivity index (χ0n) is 36.6. The minimum absolute atomic E-state index is 0.0143. The molecule has 2 saturated heterocycles. The van der Waals surface area contributed by atoms with Gasteiger partial charge in [0.05, 0.1) is 44.2 Å². The van der Waals surface area contributed by atoms with E-state index in [1.807, 2.05) is 67.6 Å². The molecule has 0 spiro atoms. The van der Waals surface area contributed by atoms with Crippen molar-refractivity contribution in [2.75, 3.05) is 6.61 Å². The van der Waals surface area contributed by atoms with Crippen LogP contribution in [-0.2, 0) is 56.0 Å². The molecule has 15 atom stereocenters. The van der Waals surface area contributed by atoms with Crippen molar-refractivity contribution in [3.8, 4) is 0 Å². The Bertz CT molecular complexity index is 1590. The SMILES string of the molecule is CCC1CC(C)C[C@@H](O[C@@H]2O[C@@H](CO)[C@H](O)C(O[C@@H](CC3CCCCC3)C(C)=O)C2NC(C)=O)[C@@H]1O[C@@H]1OC(C)[C@@H](C)[C@H](OCc2ccccc2)C1OCc1ccccc1. The number of aliphatic hydroxyl groups is 2. The van der Waals surface area contributed by atoms with E-state index in [4.69, 9.17) is 33.2 Å². The Kier molecular flexibility index (Phi) is 17.5. The molecule has 0 aromatic heterocycles. The fraction of sp³-hybridized carbons (Fsp3) is 0.708. The van der Waals surface area contributed by atoms with Crippen molar-refractivity contribution in [3.63, 3.8) is 0 Å². The number of benzene rings is 2. The van der Waals surface area contributed by atoms with Crippen molar-refractivity contribution in [2.24, 2.45) is 23.7 Å². The monoisotopic (exact) mass is 838 g/mol. The third-order valence-electron chi connectivity index (χ3n) is 13.3. The van der Waals surface area contributed by atoms with Crippen molar-refractivity contribution in [1.29, 1.82) is 0 Å². The molecule has 2 heterocycles. The zero-order valence-corrected chi connectivity index (χ0v) is 36.6. The molecule has 1 amide bonds. The topological polar surface area (TPSA) is 151 Å². The molecule has 12 heteroatoms. The molecule has 12 nitrogen and oxygen atoms in total. The van der Waals surface area contributed by atoms with E-state index in [-0.39, 0.29) is 41.7 Å². The molecule has 60 heavy (non-hydrogen) atoms. The number of aliphatic hydroxyl groups excluding tert-OH is 2. The van der Waals surface area contributed by atoms with Crippen LogP contribution in [0.5, 0.6) is 0 Å². The predicted molar refractivity (Wildman–Crippen MR) is 225 cm³/mol. The van der Waals surface area contributed by atoms with Crippen LogP contribution < -0.4 is 5.32 Å². The van der Waals surface area contributed by atoms with Crippen LogP contribution in [-0.4, -0.2) is 102 Å². The van der Waals surface area contributed by atoms with E-state index in [1.54, 1.807) is 0 Å². The minimum atomic E-state index is -1.34. The van der Waals surface area contributed by atoms with Gasteiger partial charge in [0.1, 0.15) is 36.6 Å². The molecule has 2 aromatic rings. The average molecular weight is 838 g/mol. The Balaban J connectivity index is 1.28. The van der Waals surface area contributed by atoms with E-state index in [0.29, 0.717) is 32.0 Å². The Morgan fingerprint density at radius 2 is 1.43 bits per heavy atom. The molecule has 6 rings (SSSR count). The maximum absolute atomic E-state index is 13.1. The van der Waals surface area contributed by atoms with Crippen LogP contribution in [0.4, 0.5) is 0 Å². The van der Waals surface area contributed by atoms with E-state index in [2.05, 4.69) is 26.1 Å². The Morgan fingerprint density at radius 1 is 0.800 bits per heavy atom. The molecule has 2 aliphatic heterocycles. The van der Waals surface area contributed by atoms with Crippen molar-refractivity contribution in [1.82, 2.24) is 5.32 Å². The summed E-state index contributed by atoms with van der Waals surface area (Å²) in [5.41, 5.74) is 2.08. The van der Waals surface area contributed by atoms with E-state index in [0.717, 1.165) is 49.7 Å². The van der Waals surface area contributed by atoms with Crippen LogP contribution in [0.2, 0.25) is 0 Å². The first-order valence-corrected chi connectivity index (χ1v) is 22.6. The average Bonchev–Trinajstić information content (AvgIpc) is 3.24. The molecule has 4 fully saturated rings. The van der Waals surface area contributed by atoms with Crippen molar-refractivity contribution in [3.05, 3.63) is 71.8 Å². The number of hydrogen-bond acceptors (Lipinski definition) is 11. The fourth-order valence-electron chi connectivity index (χ4n) is 9.80. The highest BCUT2D eigenvalue weighted by atomic mass is 16.7. The van der Waals surface area contributed by atoms with Gasteiger partial charge in [-0.25, -0.2) is 0 Å². The van der Waals surface area contributed by atoms with Gasteiger partial charge in [0.15, 0.2) is 18.4 Å². The Labute approximate surface area is 357 Å². The van der Waals surface area contributed by atoms with Crippen LogP contribution >= 0.6 is 0 Å². The van der Waals surface area contributed by atoms with Gasteiger partial charge in [-0.05, 0) is 62.0 Å². The fourth-order valence-corrected chi connectivity index (χ4v) is 9.80. The van der Waals surface area contributed by atoms with Crippen LogP contribution in [0.25, 0.3) is 0 Å². The zero-order chi connectivity index (χ0) is 42.8. The lowest BCUT2D eigenvalue weighted by Gasteiger charge is -2.50. The summed E-state index contributed by atoms with van der Waals surface area (Å²) in [6.07, 6.45) is -0.159. The van der Waals surface area contributed by atoms with Gasteiger partial charge in [-0.3, -0.25) is 9.59 Å². The predicted octanol–water partition coefficient (Wildman–Crippen LogP) is 6.66. The van der Waals surface area contributed by atoms with Crippen molar-refractivity contribution < 1.29 is 53.0 Å². The number of hydrogen-bond donors (Lipinski definition) is 3. The summed E-state index contributed by atoms with van der Waals surface area (Å²) in [7, 11) is 0. The summed E-state index contributed by atoms with van der Waals surface area (Å²) in [6.45, 7) is 11.6. The number of Topliss-reactive ketones (excluding diaryl/α,β-unsaturated/α-hetero) is 1. The summed E-state index contributed by atoms with van der Waals surface area (Å²) in [5, 5.41) is 25.1. The molecule has 2 aliphatic carbocycles. The lowest BCUT2D eigenvalue weighted by Crippen LogP contribution is -2.67. The van der Waals surface area contributed by atoms with Gasteiger partial charge in [-0.15, -0.1) is 0 Å². The molecule has 4 aliphatic rings. The third kappa shape index (κ3) is 12.2. The maximum atomic E-state index is 13.1. The lowest BCUT2D eigenvalue weighted by molar-refractivity contribution is -0.342. The van der Waals surface area contributed by atoms with Gasteiger partial charge in [0, 0.05) is 12.8 Å². The van der Waals surface area contributed by atoms with Gasteiger partial charge < -0.3 is 48.7 Å². The number of carbonyl (C=O) groups excluding carboxylic acids is 2. The quantitative estimate of drug-likeness (QED) is 0.148. The minimum Gasteiger partial charge on any atom is -0.394 e. The van der Waals surface area contributed by atoms with Gasteiger partial charge >= 0.3 is 0 Å². The first-order valence-electron chi connectivity index (χ1n) is 22.6. The summed E-state index contributed by atoms with van der Waals surface area (Å²) in [5.74, 6) is 0.132. The molecular weight excluding hydrogens is 767 g/mol. The highest BCUT2D eigenvalue weighted by Gasteiger charge is 2.52. The standard InChI is InChI=1S/C48H71NO11/c1-7-37-23-29(2)24-39(58-47-41(49-33(6)52)45(42(53)40(26-50)59-47)57-38(31(4)51)25-34-17-11-8-12-18-34)44(37)60-48-46(55-28-36-21-15-10-16-22-36)43(30(3)32(5)56-48)54-27-35-19-13-9-14-20-35/h9-10,13-16,19-22,29-30,32,34,37-48,50,53H,7-8,11-12,17-18,23-28H2,1-6H3,(H,49,52)/t29?,30-,32?,37?,38+,39-,40+,41?,42+,43+,44-,45?,46?,47-,48+/m1/s1. The second-order valence-corrected chi connectivity index (χ2v) is 18.0. The summed E-state index contributed by atoms with van der Waals surface area (Å²) >= 11 is 0. The van der Waals surface area contributed by atoms with E-state index in [1.165, 1.54) is 20.3 Å². The summed E-state index contributed by atoms with van der Waals surface area (Å²) in [4.78, 5) is 25.9. The van der Waals surface area contributed by atoms with Crippen molar-refractivity contribution >= 4 is 11.7 Å². The molecule has 2 aromatic carbocycles. The Morgan fingerprint density at radius 3 is 2.02 bits per heavy atom. The van der Waals surface area contributed by atoms with E-state index >= 15 is 0 Å². The number of rotatable bonds is 18. The first kappa shape index (κ1) is 46.7. The third-order valence-corrected chi connectivity index (χ3v) is 13.3. The highest BCUT2D eigenvalue weighted by molar-refractivity contribution is 5.80. The number of ketones is 1. The van der Waals surface area contributed by atoms with Gasteiger partial charge in [-0.2, -0.15) is 0 Å². The molecule has 0 radical (unpaired) electrons. The second-order valence-electron chi connectivity index (χ2n) is 18.0. The molecule has 334 valence electrons. The second kappa shape index (κ2) is 22.5. The highest BCUT2D eigenvalue weighted by Crippen LogP contribution is 2.41. The molecule has 3 N–H and O–H groups in total. The van der Waals surface area contributed by atoms with Gasteiger partial charge in [0.2, 0.25) is 5.91 Å². The first-order chi connectivity index (χ1) is 28.9. The normalized spacial score (nSPS) is 35.7. The molecule has 6 unspecified atom stereocenters. The van der Waals surface area contributed by atoms with Crippen LogP contribution in [0, 0.1) is 23.7 Å². The van der Waals surface area contributed by atoms with Gasteiger partial charge in [-0.1, -0.05) is 120 Å². The Hall–Kier alpha value is -2.78. The van der Waals surface area contributed by atoms with Gasteiger partial charge in [0.25, 0.3) is 0 Å². The molecule has 2 saturated carbocycles. The summed E-state index contributed by atoms with van der Waals surface area (Å²) in [6, 6.07) is 19.1. The number of amides is 1. The van der Waals surface area contributed by atoms with E-state index in [9.17, 15) is 19.8 Å². The summed E-state index contributed by atoms with van der Waals surface area (Å²) < 4.78 is 47.2. The maximum Gasteiger partial charge on any atom is 0.217 e. The molecule has 0 bridgehead atoms. The number of carbonyl (C=O) groups is 2. The van der Waals surface area contributed by atoms with E-state index < -0.39 is 68.0 Å². The van der Waals surface area contributed by atoms with Crippen LogP contribution in [0.15, 0.2) is 60.7 Å². The largest absolute Gasteiger partial charge is 0.394 e. The molecular formula is C48H71NO11. The van der Waals surface area contributed by atoms with Crippen LogP contribution in [0.3, 0.4) is 0 Å². The number of ether oxygens (including phenoxy) is 7. The smallest absolute Gasteiger partial charge is 0.217 e. The lowest BCUT2D eigenvalue weighted by atomic mass is 9.77.